The van der Waals surface area contributed by atoms with Gasteiger partial charge in [-0.05, 0) is 55.4 Å². The van der Waals surface area contributed by atoms with Gasteiger partial charge < -0.3 is 10.1 Å². The first-order valence-corrected chi connectivity index (χ1v) is 8.67. The topological polar surface area (TPSA) is 34.1 Å². The van der Waals surface area contributed by atoms with E-state index in [-0.39, 0.29) is 5.82 Å². The zero-order valence-corrected chi connectivity index (χ0v) is 14.4. The van der Waals surface area contributed by atoms with Gasteiger partial charge in [0.25, 0.3) is 0 Å². The predicted molar refractivity (Wildman–Crippen MR) is 94.4 cm³/mol. The molecule has 0 radical (unpaired) electrons. The number of rotatable bonds is 5. The number of aromatic nitrogens is 1. The summed E-state index contributed by atoms with van der Waals surface area (Å²) in [6.07, 6.45) is 7.96. The van der Waals surface area contributed by atoms with E-state index in [1.807, 2.05) is 12.1 Å². The summed E-state index contributed by atoms with van der Waals surface area (Å²) in [6.45, 7) is 3.09. The van der Waals surface area contributed by atoms with Gasteiger partial charge in [-0.1, -0.05) is 13.0 Å². The molecule has 0 aliphatic heterocycles. The third kappa shape index (κ3) is 4.12. The van der Waals surface area contributed by atoms with Crippen molar-refractivity contribution in [2.75, 3.05) is 7.11 Å². The molecule has 1 aromatic carbocycles. The second-order valence-electron chi connectivity index (χ2n) is 6.76. The van der Waals surface area contributed by atoms with Crippen molar-refractivity contribution < 1.29 is 9.13 Å². The summed E-state index contributed by atoms with van der Waals surface area (Å²) in [5.74, 6) is 1.39. The molecule has 3 rings (SSSR count). The highest BCUT2D eigenvalue weighted by Gasteiger charge is 2.18. The summed E-state index contributed by atoms with van der Waals surface area (Å²) in [4.78, 5) is 3.94. The van der Waals surface area contributed by atoms with E-state index < -0.39 is 0 Å². The highest BCUT2D eigenvalue weighted by Crippen LogP contribution is 2.28. The fourth-order valence-corrected chi connectivity index (χ4v) is 3.38. The molecule has 1 N–H and O–H groups in total. The number of hydrogen-bond donors (Lipinski definition) is 1. The number of nitrogens with zero attached hydrogens (tertiary/aromatic N) is 1. The van der Waals surface area contributed by atoms with Crippen LogP contribution in [0, 0.1) is 11.7 Å². The highest BCUT2D eigenvalue weighted by molar-refractivity contribution is 5.64. The molecule has 3 nitrogen and oxygen atoms in total. The SMILES string of the molecule is COc1ccc(-c2cncc(F)c2)cc1CNC1CCC(C)CC1. The molecule has 24 heavy (non-hydrogen) atoms. The van der Waals surface area contributed by atoms with Crippen LogP contribution in [-0.2, 0) is 6.54 Å². The van der Waals surface area contributed by atoms with E-state index >= 15 is 0 Å². The van der Waals surface area contributed by atoms with E-state index in [9.17, 15) is 4.39 Å². The minimum atomic E-state index is -0.320. The van der Waals surface area contributed by atoms with Gasteiger partial charge in [0.2, 0.25) is 0 Å². The third-order valence-corrected chi connectivity index (χ3v) is 4.92. The molecule has 0 spiro atoms. The number of ether oxygens (including phenoxy) is 1. The molecule has 1 aliphatic carbocycles. The summed E-state index contributed by atoms with van der Waals surface area (Å²) < 4.78 is 18.9. The molecule has 0 saturated heterocycles. The number of nitrogens with one attached hydrogen (secondary N) is 1. The Kier molecular flexibility index (Phi) is 5.46. The van der Waals surface area contributed by atoms with Gasteiger partial charge in [0.1, 0.15) is 11.6 Å². The molecule has 2 aromatic rings. The van der Waals surface area contributed by atoms with Crippen molar-refractivity contribution in [3.05, 3.63) is 48.0 Å². The van der Waals surface area contributed by atoms with Crippen LogP contribution in [0.1, 0.15) is 38.2 Å². The van der Waals surface area contributed by atoms with Crippen LogP contribution in [0.2, 0.25) is 0 Å². The highest BCUT2D eigenvalue weighted by atomic mass is 19.1. The fourth-order valence-electron chi connectivity index (χ4n) is 3.38. The maximum absolute atomic E-state index is 13.4. The largest absolute Gasteiger partial charge is 0.496 e. The summed E-state index contributed by atoms with van der Waals surface area (Å²) in [5, 5.41) is 3.65. The van der Waals surface area contributed by atoms with Gasteiger partial charge in [0, 0.05) is 29.9 Å². The smallest absolute Gasteiger partial charge is 0.142 e. The molecule has 128 valence electrons. The van der Waals surface area contributed by atoms with Crippen LogP contribution in [0.15, 0.2) is 36.7 Å². The third-order valence-electron chi connectivity index (χ3n) is 4.92. The second-order valence-corrected chi connectivity index (χ2v) is 6.76. The molecular weight excluding hydrogens is 303 g/mol. The van der Waals surface area contributed by atoms with Gasteiger partial charge in [0.15, 0.2) is 0 Å². The van der Waals surface area contributed by atoms with Gasteiger partial charge in [-0.25, -0.2) is 4.39 Å². The molecular formula is C20H25FN2O. The fraction of sp³-hybridized carbons (Fsp3) is 0.450. The van der Waals surface area contributed by atoms with Gasteiger partial charge in [-0.15, -0.1) is 0 Å². The Hall–Kier alpha value is -1.94. The number of pyridine rings is 1. The molecule has 0 bridgehead atoms. The Morgan fingerprint density at radius 2 is 1.92 bits per heavy atom. The Labute approximate surface area is 143 Å². The Morgan fingerprint density at radius 1 is 1.12 bits per heavy atom. The zero-order chi connectivity index (χ0) is 16.9. The lowest BCUT2D eigenvalue weighted by Gasteiger charge is -2.27. The molecule has 4 heteroatoms. The van der Waals surface area contributed by atoms with E-state index in [0.29, 0.717) is 6.04 Å². The first-order chi connectivity index (χ1) is 11.7. The zero-order valence-electron chi connectivity index (χ0n) is 14.4. The number of benzene rings is 1. The maximum Gasteiger partial charge on any atom is 0.142 e. The van der Waals surface area contributed by atoms with Crippen LogP contribution in [-0.4, -0.2) is 18.1 Å². The van der Waals surface area contributed by atoms with E-state index in [1.165, 1.54) is 37.9 Å². The predicted octanol–water partition coefficient (Wildman–Crippen LogP) is 4.56. The minimum absolute atomic E-state index is 0.320. The van der Waals surface area contributed by atoms with E-state index in [1.54, 1.807) is 13.3 Å². The van der Waals surface area contributed by atoms with Crippen LogP contribution in [0.3, 0.4) is 0 Å². The van der Waals surface area contributed by atoms with Crippen molar-refractivity contribution in [1.29, 1.82) is 0 Å². The average molecular weight is 328 g/mol. The van der Waals surface area contributed by atoms with Crippen LogP contribution in [0.5, 0.6) is 5.75 Å². The normalized spacial score (nSPS) is 20.8. The number of halogens is 1. The van der Waals surface area contributed by atoms with Gasteiger partial charge in [0.05, 0.1) is 13.3 Å². The first-order valence-electron chi connectivity index (χ1n) is 8.67. The van der Waals surface area contributed by atoms with Gasteiger partial charge in [-0.2, -0.15) is 0 Å². The second kappa shape index (κ2) is 7.75. The van der Waals surface area contributed by atoms with Crippen LogP contribution in [0.25, 0.3) is 11.1 Å². The first kappa shape index (κ1) is 16.9. The van der Waals surface area contributed by atoms with E-state index in [4.69, 9.17) is 4.74 Å². The minimum Gasteiger partial charge on any atom is -0.496 e. The Morgan fingerprint density at radius 3 is 2.62 bits per heavy atom. The summed E-state index contributed by atoms with van der Waals surface area (Å²) in [6, 6.07) is 8.04. The standard InChI is InChI=1S/C20H25FN2O/c1-14-3-6-19(7-4-14)23-12-17-9-15(5-8-20(17)24-2)16-10-18(21)13-22-11-16/h5,8-11,13-14,19,23H,3-4,6-7,12H2,1-2H3. The molecule has 1 fully saturated rings. The molecule has 1 saturated carbocycles. The van der Waals surface area contributed by atoms with Crippen molar-refractivity contribution in [3.8, 4) is 16.9 Å². The van der Waals surface area contributed by atoms with Gasteiger partial charge >= 0.3 is 0 Å². The average Bonchev–Trinajstić information content (AvgIpc) is 2.61. The lowest BCUT2D eigenvalue weighted by molar-refractivity contribution is 0.305. The number of hydrogen-bond acceptors (Lipinski definition) is 3. The summed E-state index contributed by atoms with van der Waals surface area (Å²) >= 11 is 0. The quantitative estimate of drug-likeness (QED) is 0.873. The Balaban J connectivity index is 1.74. The van der Waals surface area contributed by atoms with Crippen LogP contribution >= 0.6 is 0 Å². The van der Waals surface area contributed by atoms with Crippen molar-refractivity contribution in [3.63, 3.8) is 0 Å². The monoisotopic (exact) mass is 328 g/mol. The van der Waals surface area contributed by atoms with Crippen LogP contribution < -0.4 is 10.1 Å². The lowest BCUT2D eigenvalue weighted by atomic mass is 9.87. The molecule has 1 heterocycles. The van der Waals surface area contributed by atoms with Crippen molar-refractivity contribution in [1.82, 2.24) is 10.3 Å². The molecule has 1 aliphatic rings. The van der Waals surface area contributed by atoms with Crippen molar-refractivity contribution >= 4 is 0 Å². The van der Waals surface area contributed by atoms with Crippen molar-refractivity contribution in [2.45, 2.75) is 45.2 Å². The lowest BCUT2D eigenvalue weighted by Crippen LogP contribution is -2.32. The molecule has 1 aromatic heterocycles. The number of methoxy groups -OCH3 is 1. The van der Waals surface area contributed by atoms with Crippen molar-refractivity contribution in [2.24, 2.45) is 5.92 Å². The molecule has 0 unspecified atom stereocenters. The molecule has 0 atom stereocenters. The summed E-state index contributed by atoms with van der Waals surface area (Å²) in [7, 11) is 1.69. The van der Waals surface area contributed by atoms with E-state index in [0.717, 1.165) is 34.9 Å². The summed E-state index contributed by atoms with van der Waals surface area (Å²) in [5.41, 5.74) is 2.83. The maximum atomic E-state index is 13.4. The Bertz CT molecular complexity index is 681. The van der Waals surface area contributed by atoms with E-state index in [2.05, 4.69) is 23.3 Å². The van der Waals surface area contributed by atoms with Crippen LogP contribution in [0.4, 0.5) is 4.39 Å². The molecule has 0 amide bonds. The van der Waals surface area contributed by atoms with Gasteiger partial charge in [-0.3, -0.25) is 4.98 Å².